The van der Waals surface area contributed by atoms with Crippen LogP contribution in [0.25, 0.3) is 0 Å². The number of halogens is 2. The molecule has 0 saturated carbocycles. The summed E-state index contributed by atoms with van der Waals surface area (Å²) in [6.07, 6.45) is 0. The number of rotatable bonds is 6. The molecule has 0 radical (unpaired) electrons. The summed E-state index contributed by atoms with van der Waals surface area (Å²) in [5.41, 5.74) is 0.194. The van der Waals surface area contributed by atoms with Crippen LogP contribution in [0.15, 0.2) is 72.8 Å². The number of carbonyl (C=O) groups excluding carboxylic acids is 2. The van der Waals surface area contributed by atoms with Gasteiger partial charge in [-0.25, -0.2) is 13.6 Å². The van der Waals surface area contributed by atoms with Crippen molar-refractivity contribution in [2.24, 2.45) is 0 Å². The van der Waals surface area contributed by atoms with Gasteiger partial charge in [0.1, 0.15) is 5.75 Å². The predicted octanol–water partition coefficient (Wildman–Crippen LogP) is 4.55. The first-order chi connectivity index (χ1) is 13.5. The Morgan fingerprint density at radius 3 is 2.32 bits per heavy atom. The van der Waals surface area contributed by atoms with Crippen molar-refractivity contribution >= 4 is 17.6 Å². The first-order valence-electron chi connectivity index (χ1n) is 8.27. The zero-order chi connectivity index (χ0) is 19.9. The molecule has 3 rings (SSSR count). The minimum atomic E-state index is -1.18. The molecule has 0 saturated heterocycles. The molecule has 28 heavy (non-hydrogen) atoms. The van der Waals surface area contributed by atoms with Crippen molar-refractivity contribution < 1.29 is 27.8 Å². The average molecular weight is 383 g/mol. The number of hydrogen-bond donors (Lipinski definition) is 1. The molecule has 5 nitrogen and oxygen atoms in total. The number of carbonyl (C=O) groups is 2. The molecule has 0 aliphatic rings. The Hall–Kier alpha value is -3.74. The topological polar surface area (TPSA) is 64.6 Å². The van der Waals surface area contributed by atoms with E-state index in [4.69, 9.17) is 9.47 Å². The van der Waals surface area contributed by atoms with Crippen molar-refractivity contribution in [3.8, 4) is 11.5 Å². The minimum Gasteiger partial charge on any atom is -0.455 e. The van der Waals surface area contributed by atoms with E-state index in [0.29, 0.717) is 23.3 Å². The first-order valence-corrected chi connectivity index (χ1v) is 8.27. The fourth-order valence-electron chi connectivity index (χ4n) is 2.30. The summed E-state index contributed by atoms with van der Waals surface area (Å²) in [5, 5.41) is 2.58. The van der Waals surface area contributed by atoms with Gasteiger partial charge in [0.2, 0.25) is 0 Å². The van der Waals surface area contributed by atoms with E-state index in [1.807, 2.05) is 18.2 Å². The molecule has 3 aromatic rings. The maximum Gasteiger partial charge on any atom is 0.338 e. The Labute approximate surface area is 159 Å². The third-order valence-electron chi connectivity index (χ3n) is 3.62. The molecule has 0 aromatic heterocycles. The van der Waals surface area contributed by atoms with Gasteiger partial charge in [0.05, 0.1) is 11.3 Å². The van der Waals surface area contributed by atoms with Gasteiger partial charge in [0.15, 0.2) is 24.0 Å². The Morgan fingerprint density at radius 1 is 0.857 bits per heavy atom. The predicted molar refractivity (Wildman–Crippen MR) is 98.2 cm³/mol. The van der Waals surface area contributed by atoms with Crippen LogP contribution in [0.1, 0.15) is 10.4 Å². The molecule has 7 heteroatoms. The SMILES string of the molecule is O=C(COC(=O)c1ccc(F)c(F)c1)Nc1ccccc1Oc1ccccc1. The molecule has 3 aromatic carbocycles. The number of esters is 1. The van der Waals surface area contributed by atoms with Crippen LogP contribution in [-0.4, -0.2) is 18.5 Å². The summed E-state index contributed by atoms with van der Waals surface area (Å²) < 4.78 is 36.6. The molecule has 1 amide bonds. The molecule has 0 bridgehead atoms. The summed E-state index contributed by atoms with van der Waals surface area (Å²) >= 11 is 0. The van der Waals surface area contributed by atoms with Gasteiger partial charge in [-0.1, -0.05) is 30.3 Å². The zero-order valence-electron chi connectivity index (χ0n) is 14.5. The van der Waals surface area contributed by atoms with Crippen molar-refractivity contribution in [2.75, 3.05) is 11.9 Å². The molecule has 0 atom stereocenters. The Kier molecular flexibility index (Phi) is 5.96. The van der Waals surface area contributed by atoms with Crippen molar-refractivity contribution in [1.29, 1.82) is 0 Å². The number of nitrogens with one attached hydrogen (secondary N) is 1. The highest BCUT2D eigenvalue weighted by molar-refractivity contribution is 5.96. The normalized spacial score (nSPS) is 10.2. The first kappa shape index (κ1) is 19.0. The van der Waals surface area contributed by atoms with Gasteiger partial charge in [0.25, 0.3) is 5.91 Å². The van der Waals surface area contributed by atoms with Crippen molar-refractivity contribution in [3.63, 3.8) is 0 Å². The van der Waals surface area contributed by atoms with Crippen molar-refractivity contribution in [2.45, 2.75) is 0 Å². The summed E-state index contributed by atoms with van der Waals surface area (Å²) in [4.78, 5) is 24.0. The lowest BCUT2D eigenvalue weighted by Gasteiger charge is -2.12. The van der Waals surface area contributed by atoms with Crippen LogP contribution in [0, 0.1) is 11.6 Å². The molecule has 142 valence electrons. The van der Waals surface area contributed by atoms with Gasteiger partial charge in [0, 0.05) is 0 Å². The van der Waals surface area contributed by atoms with Crippen LogP contribution < -0.4 is 10.1 Å². The molecule has 0 unspecified atom stereocenters. The van der Waals surface area contributed by atoms with Gasteiger partial charge < -0.3 is 14.8 Å². The highest BCUT2D eigenvalue weighted by Gasteiger charge is 2.14. The fraction of sp³-hybridized carbons (Fsp3) is 0.0476. The van der Waals surface area contributed by atoms with Gasteiger partial charge in [-0.3, -0.25) is 4.79 Å². The number of ether oxygens (including phenoxy) is 2. The largest absolute Gasteiger partial charge is 0.455 e. The van der Waals surface area contributed by atoms with Gasteiger partial charge in [-0.2, -0.15) is 0 Å². The Balaban J connectivity index is 1.60. The monoisotopic (exact) mass is 383 g/mol. The summed E-state index contributed by atoms with van der Waals surface area (Å²) in [6.45, 7) is -0.600. The minimum absolute atomic E-state index is 0.195. The highest BCUT2D eigenvalue weighted by Crippen LogP contribution is 2.29. The van der Waals surface area contributed by atoms with E-state index in [1.54, 1.807) is 36.4 Å². The number of anilines is 1. The van der Waals surface area contributed by atoms with E-state index in [2.05, 4.69) is 5.32 Å². The number of para-hydroxylation sites is 3. The molecule has 0 spiro atoms. The molecule has 0 aliphatic carbocycles. The van der Waals surface area contributed by atoms with Gasteiger partial charge in [-0.05, 0) is 42.5 Å². The third kappa shape index (κ3) is 4.91. The Bertz CT molecular complexity index is 993. The molecule has 1 N–H and O–H groups in total. The van der Waals surface area contributed by atoms with Crippen LogP contribution in [0.5, 0.6) is 11.5 Å². The van der Waals surface area contributed by atoms with Crippen LogP contribution >= 0.6 is 0 Å². The average Bonchev–Trinajstić information content (AvgIpc) is 2.70. The molecule has 0 aliphatic heterocycles. The lowest BCUT2D eigenvalue weighted by Crippen LogP contribution is -2.21. The van der Waals surface area contributed by atoms with E-state index in [-0.39, 0.29) is 5.56 Å². The van der Waals surface area contributed by atoms with Crippen LogP contribution in [0.4, 0.5) is 14.5 Å². The summed E-state index contributed by atoms with van der Waals surface area (Å²) in [7, 11) is 0. The van der Waals surface area contributed by atoms with E-state index < -0.39 is 30.1 Å². The maximum atomic E-state index is 13.2. The molecule has 0 heterocycles. The Morgan fingerprint density at radius 2 is 1.57 bits per heavy atom. The molecule has 0 fully saturated rings. The van der Waals surface area contributed by atoms with E-state index in [9.17, 15) is 18.4 Å². The lowest BCUT2D eigenvalue weighted by atomic mass is 10.2. The highest BCUT2D eigenvalue weighted by atomic mass is 19.2. The zero-order valence-corrected chi connectivity index (χ0v) is 14.5. The number of hydrogen-bond acceptors (Lipinski definition) is 4. The smallest absolute Gasteiger partial charge is 0.338 e. The quantitative estimate of drug-likeness (QED) is 0.634. The number of amides is 1. The second-order valence-electron chi connectivity index (χ2n) is 5.66. The lowest BCUT2D eigenvalue weighted by molar-refractivity contribution is -0.119. The standard InChI is InChI=1S/C21H15F2NO4/c22-16-11-10-14(12-17(16)23)21(26)27-13-20(25)24-18-8-4-5-9-19(18)28-15-6-2-1-3-7-15/h1-12H,13H2,(H,24,25). The second kappa shape index (κ2) is 8.77. The second-order valence-corrected chi connectivity index (χ2v) is 5.66. The van der Waals surface area contributed by atoms with Crippen molar-refractivity contribution in [1.82, 2.24) is 0 Å². The molecular weight excluding hydrogens is 368 g/mol. The summed E-state index contributed by atoms with van der Waals surface area (Å²) in [5.74, 6) is -2.80. The van der Waals surface area contributed by atoms with E-state index in [1.165, 1.54) is 0 Å². The van der Waals surface area contributed by atoms with Gasteiger partial charge >= 0.3 is 5.97 Å². The fourth-order valence-corrected chi connectivity index (χ4v) is 2.30. The van der Waals surface area contributed by atoms with Crippen molar-refractivity contribution in [3.05, 3.63) is 90.0 Å². The molecular formula is C21H15F2NO4. The van der Waals surface area contributed by atoms with Crippen LogP contribution in [-0.2, 0) is 9.53 Å². The van der Waals surface area contributed by atoms with E-state index in [0.717, 1.165) is 12.1 Å². The van der Waals surface area contributed by atoms with Crippen LogP contribution in [0.2, 0.25) is 0 Å². The third-order valence-corrected chi connectivity index (χ3v) is 3.62. The van der Waals surface area contributed by atoms with E-state index >= 15 is 0 Å². The maximum absolute atomic E-state index is 13.2. The van der Waals surface area contributed by atoms with Gasteiger partial charge in [-0.15, -0.1) is 0 Å². The summed E-state index contributed by atoms with van der Waals surface area (Å²) in [6, 6.07) is 18.4. The van der Waals surface area contributed by atoms with Crippen LogP contribution in [0.3, 0.4) is 0 Å². The number of benzene rings is 3.